The summed E-state index contributed by atoms with van der Waals surface area (Å²) < 4.78 is 0. The van der Waals surface area contributed by atoms with Crippen molar-refractivity contribution in [3.63, 3.8) is 0 Å². The number of hydrogen-bond donors (Lipinski definition) is 1. The van der Waals surface area contributed by atoms with Crippen LogP contribution in [-0.4, -0.2) is 24.1 Å². The summed E-state index contributed by atoms with van der Waals surface area (Å²) in [5.41, 5.74) is 7.23. The van der Waals surface area contributed by atoms with Crippen LogP contribution >= 0.6 is 24.8 Å². The molecule has 0 aliphatic heterocycles. The third kappa shape index (κ3) is 3.86. The van der Waals surface area contributed by atoms with Gasteiger partial charge in [-0.3, -0.25) is 4.98 Å². The number of rotatable bonds is 3. The van der Waals surface area contributed by atoms with Gasteiger partial charge in [0.1, 0.15) is 0 Å². The first-order chi connectivity index (χ1) is 6.20. The van der Waals surface area contributed by atoms with Gasteiger partial charge in [0.25, 0.3) is 0 Å². The number of halogens is 2. The van der Waals surface area contributed by atoms with E-state index >= 15 is 0 Å². The molecule has 15 heavy (non-hydrogen) atoms. The van der Waals surface area contributed by atoms with Crippen molar-refractivity contribution in [1.82, 2.24) is 4.98 Å². The lowest BCUT2D eigenvalue weighted by molar-refractivity contribution is 0.660. The molecule has 1 heterocycles. The van der Waals surface area contributed by atoms with Crippen LogP contribution < -0.4 is 10.6 Å². The first kappa shape index (κ1) is 14.5. The maximum atomic E-state index is 6.02. The molecule has 1 aromatic rings. The molecular formula is C10H17Cl2N3. The smallest absolute Gasteiger partial charge is 0.0550 e. The van der Waals surface area contributed by atoms with Crippen molar-refractivity contribution in [2.24, 2.45) is 5.73 Å². The Morgan fingerprint density at radius 1 is 1.47 bits per heavy atom. The molecule has 86 valence electrons. The summed E-state index contributed by atoms with van der Waals surface area (Å²) in [6.07, 6.45) is 5.95. The second-order valence-corrected chi connectivity index (χ2v) is 3.93. The molecule has 0 amide bonds. The summed E-state index contributed by atoms with van der Waals surface area (Å²) in [5.74, 6) is 0. The van der Waals surface area contributed by atoms with Crippen LogP contribution in [0.2, 0.25) is 0 Å². The fraction of sp³-hybridized carbons (Fsp3) is 0.500. The van der Waals surface area contributed by atoms with Crippen molar-refractivity contribution in [2.75, 3.05) is 18.5 Å². The van der Waals surface area contributed by atoms with Crippen molar-refractivity contribution < 1.29 is 0 Å². The molecule has 2 N–H and O–H groups in total. The Hall–Kier alpha value is -0.510. The third-order valence-corrected chi connectivity index (χ3v) is 2.53. The van der Waals surface area contributed by atoms with Crippen molar-refractivity contribution >= 4 is 30.5 Å². The molecule has 1 aromatic heterocycles. The zero-order chi connectivity index (χ0) is 9.31. The minimum atomic E-state index is 0. The maximum absolute atomic E-state index is 6.02. The van der Waals surface area contributed by atoms with Gasteiger partial charge in [-0.25, -0.2) is 0 Å². The van der Waals surface area contributed by atoms with Crippen LogP contribution in [0.5, 0.6) is 0 Å². The number of nitrogens with two attached hydrogens (primary N) is 1. The molecule has 0 unspecified atom stereocenters. The molecule has 0 bridgehead atoms. The van der Waals surface area contributed by atoms with E-state index < -0.39 is 0 Å². The minimum Gasteiger partial charge on any atom is -0.372 e. The number of hydrogen-bond acceptors (Lipinski definition) is 3. The first-order valence-corrected chi connectivity index (χ1v) is 4.60. The largest absolute Gasteiger partial charge is 0.372 e. The third-order valence-electron chi connectivity index (χ3n) is 2.53. The Bertz CT molecular complexity index is 288. The predicted molar refractivity (Wildman–Crippen MR) is 68.2 cm³/mol. The molecule has 1 saturated carbocycles. The molecule has 1 fully saturated rings. The standard InChI is InChI=1S/C10H15N3.2ClH/c1-13(8-10(11)4-5-10)9-3-2-6-12-7-9;;/h2-3,6-7H,4-5,8,11H2,1H3;2*1H. The predicted octanol–water partition coefficient (Wildman–Crippen LogP) is 1.85. The van der Waals surface area contributed by atoms with E-state index in [1.807, 2.05) is 12.3 Å². The summed E-state index contributed by atoms with van der Waals surface area (Å²) in [4.78, 5) is 6.24. The lowest BCUT2D eigenvalue weighted by atomic mass is 10.2. The van der Waals surface area contributed by atoms with Crippen LogP contribution in [0.15, 0.2) is 24.5 Å². The quantitative estimate of drug-likeness (QED) is 0.890. The SMILES string of the molecule is CN(CC1(N)CC1)c1cccnc1.Cl.Cl. The highest BCUT2D eigenvalue weighted by Crippen LogP contribution is 2.33. The monoisotopic (exact) mass is 249 g/mol. The van der Waals surface area contributed by atoms with Crippen molar-refractivity contribution in [3.8, 4) is 0 Å². The van der Waals surface area contributed by atoms with Gasteiger partial charge in [0.2, 0.25) is 0 Å². The van der Waals surface area contributed by atoms with E-state index in [2.05, 4.69) is 23.0 Å². The highest BCUT2D eigenvalue weighted by atomic mass is 35.5. The average Bonchev–Trinajstić information content (AvgIpc) is 2.85. The summed E-state index contributed by atoms with van der Waals surface area (Å²) in [7, 11) is 2.06. The average molecular weight is 250 g/mol. The molecule has 0 saturated heterocycles. The molecule has 5 heteroatoms. The van der Waals surface area contributed by atoms with Crippen LogP contribution in [0, 0.1) is 0 Å². The molecule has 0 radical (unpaired) electrons. The van der Waals surface area contributed by atoms with Gasteiger partial charge in [0.15, 0.2) is 0 Å². The number of likely N-dealkylation sites (N-methyl/N-ethyl adjacent to an activating group) is 1. The highest BCUT2D eigenvalue weighted by Gasteiger charge is 2.39. The molecule has 0 aromatic carbocycles. The zero-order valence-corrected chi connectivity index (χ0v) is 10.4. The Labute approximate surface area is 103 Å². The van der Waals surface area contributed by atoms with Crippen LogP contribution in [0.3, 0.4) is 0 Å². The Morgan fingerprint density at radius 3 is 2.60 bits per heavy atom. The molecule has 3 nitrogen and oxygen atoms in total. The lowest BCUT2D eigenvalue weighted by Gasteiger charge is -2.22. The fourth-order valence-electron chi connectivity index (χ4n) is 1.46. The molecule has 0 spiro atoms. The Balaban J connectivity index is 0.000000980. The van der Waals surface area contributed by atoms with E-state index in [4.69, 9.17) is 5.73 Å². The fourth-order valence-corrected chi connectivity index (χ4v) is 1.46. The molecule has 1 aliphatic rings. The first-order valence-electron chi connectivity index (χ1n) is 4.60. The zero-order valence-electron chi connectivity index (χ0n) is 8.72. The lowest BCUT2D eigenvalue weighted by Crippen LogP contribution is -2.37. The number of nitrogens with zero attached hydrogens (tertiary/aromatic N) is 2. The second-order valence-electron chi connectivity index (χ2n) is 3.93. The van der Waals surface area contributed by atoms with E-state index in [0.29, 0.717) is 0 Å². The van der Waals surface area contributed by atoms with E-state index in [0.717, 1.165) is 25.1 Å². The topological polar surface area (TPSA) is 42.1 Å². The van der Waals surface area contributed by atoms with E-state index in [9.17, 15) is 0 Å². The van der Waals surface area contributed by atoms with Gasteiger partial charge in [0, 0.05) is 25.3 Å². The number of anilines is 1. The summed E-state index contributed by atoms with van der Waals surface area (Å²) in [6.45, 7) is 0.929. The van der Waals surface area contributed by atoms with Gasteiger partial charge in [0.05, 0.1) is 11.9 Å². The van der Waals surface area contributed by atoms with Crippen LogP contribution in [0.1, 0.15) is 12.8 Å². The van der Waals surface area contributed by atoms with Crippen LogP contribution in [-0.2, 0) is 0 Å². The van der Waals surface area contributed by atoms with Gasteiger partial charge < -0.3 is 10.6 Å². The maximum Gasteiger partial charge on any atom is 0.0550 e. The van der Waals surface area contributed by atoms with Crippen LogP contribution in [0.25, 0.3) is 0 Å². The highest BCUT2D eigenvalue weighted by molar-refractivity contribution is 5.85. The number of pyridine rings is 1. The second kappa shape index (κ2) is 5.54. The summed E-state index contributed by atoms with van der Waals surface area (Å²) >= 11 is 0. The van der Waals surface area contributed by atoms with Crippen molar-refractivity contribution in [1.29, 1.82) is 0 Å². The van der Waals surface area contributed by atoms with Gasteiger partial charge in [-0.2, -0.15) is 0 Å². The normalized spacial score (nSPS) is 15.9. The minimum absolute atomic E-state index is 0. The number of aromatic nitrogens is 1. The van der Waals surface area contributed by atoms with Gasteiger partial charge in [-0.15, -0.1) is 24.8 Å². The summed E-state index contributed by atoms with van der Waals surface area (Å²) in [5, 5.41) is 0. The van der Waals surface area contributed by atoms with Gasteiger partial charge in [-0.1, -0.05) is 0 Å². The molecular weight excluding hydrogens is 233 g/mol. The molecule has 0 atom stereocenters. The van der Waals surface area contributed by atoms with E-state index in [1.165, 1.54) is 0 Å². The van der Waals surface area contributed by atoms with Gasteiger partial charge >= 0.3 is 0 Å². The van der Waals surface area contributed by atoms with Crippen molar-refractivity contribution in [2.45, 2.75) is 18.4 Å². The van der Waals surface area contributed by atoms with Gasteiger partial charge in [-0.05, 0) is 25.0 Å². The van der Waals surface area contributed by atoms with Crippen LogP contribution in [0.4, 0.5) is 5.69 Å². The molecule has 1 aliphatic carbocycles. The summed E-state index contributed by atoms with van der Waals surface area (Å²) in [6, 6.07) is 4.00. The molecule has 2 rings (SSSR count). The van der Waals surface area contributed by atoms with Crippen molar-refractivity contribution in [3.05, 3.63) is 24.5 Å². The van der Waals surface area contributed by atoms with E-state index in [-0.39, 0.29) is 30.4 Å². The Kier molecular flexibility index (Phi) is 5.35. The van der Waals surface area contributed by atoms with E-state index in [1.54, 1.807) is 6.20 Å². The Morgan fingerprint density at radius 2 is 2.13 bits per heavy atom.